The topological polar surface area (TPSA) is 120 Å². The average Bonchev–Trinajstić information content (AvgIpc) is 3.52. The molecule has 0 amide bonds. The number of nitriles is 1. The first-order chi connectivity index (χ1) is 14.1. The monoisotopic (exact) mass is 388 g/mol. The van der Waals surface area contributed by atoms with Crippen LogP contribution in [0.5, 0.6) is 17.5 Å². The van der Waals surface area contributed by atoms with Crippen LogP contribution in [0.2, 0.25) is 0 Å². The molecule has 1 saturated carbocycles. The first kappa shape index (κ1) is 18.8. The van der Waals surface area contributed by atoms with E-state index in [4.69, 9.17) is 15.2 Å². The van der Waals surface area contributed by atoms with E-state index in [0.717, 1.165) is 18.4 Å². The normalized spacial score (nSPS) is 13.0. The summed E-state index contributed by atoms with van der Waals surface area (Å²) in [4.78, 5) is 17.5. The summed E-state index contributed by atoms with van der Waals surface area (Å²) in [7, 11) is 0. The molecule has 0 unspecified atom stereocenters. The molecule has 8 nitrogen and oxygen atoms in total. The number of hydrogen-bond donors (Lipinski definition) is 1. The highest BCUT2D eigenvalue weighted by Crippen LogP contribution is 2.33. The van der Waals surface area contributed by atoms with Gasteiger partial charge in [-0.25, -0.2) is 9.97 Å². The van der Waals surface area contributed by atoms with E-state index < -0.39 is 0 Å². The van der Waals surface area contributed by atoms with Gasteiger partial charge in [-0.1, -0.05) is 0 Å². The van der Waals surface area contributed by atoms with Crippen LogP contribution in [0.25, 0.3) is 11.4 Å². The molecule has 3 aromatic rings. The molecule has 4 rings (SSSR count). The Bertz CT molecular complexity index is 1060. The summed E-state index contributed by atoms with van der Waals surface area (Å²) in [5, 5.41) is 9.29. The lowest BCUT2D eigenvalue weighted by Gasteiger charge is -2.12. The summed E-state index contributed by atoms with van der Waals surface area (Å²) < 4.78 is 11.8. The zero-order valence-corrected chi connectivity index (χ0v) is 16.0. The maximum Gasteiger partial charge on any atom is 0.226 e. The Morgan fingerprint density at radius 1 is 1.14 bits per heavy atom. The minimum Gasteiger partial charge on any atom is -0.474 e. The molecule has 1 aliphatic carbocycles. The molecule has 2 N–H and O–H groups in total. The van der Waals surface area contributed by atoms with Gasteiger partial charge in [-0.3, -0.25) is 0 Å². The number of rotatable bonds is 7. The van der Waals surface area contributed by atoms with Crippen molar-refractivity contribution in [2.45, 2.75) is 32.3 Å². The van der Waals surface area contributed by atoms with E-state index in [-0.39, 0.29) is 6.10 Å². The van der Waals surface area contributed by atoms with E-state index >= 15 is 0 Å². The van der Waals surface area contributed by atoms with Gasteiger partial charge in [-0.05, 0) is 56.5 Å². The van der Waals surface area contributed by atoms with Crippen LogP contribution in [-0.4, -0.2) is 32.6 Å². The SMILES string of the molecule is Cc1nc(Oc2cc(C#N)ccc2-c2ncc(CCN)cn2)cc(OC2CC2)n1. The fourth-order valence-electron chi connectivity index (χ4n) is 2.75. The minimum absolute atomic E-state index is 0.218. The molecule has 0 bridgehead atoms. The molecule has 2 heterocycles. The zero-order valence-electron chi connectivity index (χ0n) is 16.0. The molecule has 146 valence electrons. The van der Waals surface area contributed by atoms with Crippen LogP contribution in [0.15, 0.2) is 36.7 Å². The van der Waals surface area contributed by atoms with Crippen LogP contribution < -0.4 is 15.2 Å². The fraction of sp³-hybridized carbons (Fsp3) is 0.286. The molecule has 2 aromatic heterocycles. The van der Waals surface area contributed by atoms with E-state index in [1.807, 2.05) is 0 Å². The van der Waals surface area contributed by atoms with Crippen LogP contribution in [0.4, 0.5) is 0 Å². The highest BCUT2D eigenvalue weighted by molar-refractivity contribution is 5.66. The number of nitrogens with two attached hydrogens (primary N) is 1. The third-order valence-electron chi connectivity index (χ3n) is 4.31. The van der Waals surface area contributed by atoms with E-state index in [2.05, 4.69) is 26.0 Å². The summed E-state index contributed by atoms with van der Waals surface area (Å²) in [5.41, 5.74) is 7.66. The molecule has 0 spiro atoms. The molecule has 8 heteroatoms. The molecule has 29 heavy (non-hydrogen) atoms. The number of aromatic nitrogens is 4. The first-order valence-electron chi connectivity index (χ1n) is 9.40. The predicted octanol–water partition coefficient (Wildman–Crippen LogP) is 2.95. The van der Waals surface area contributed by atoms with E-state index in [9.17, 15) is 5.26 Å². The van der Waals surface area contributed by atoms with Crippen LogP contribution >= 0.6 is 0 Å². The fourth-order valence-corrected chi connectivity index (χ4v) is 2.75. The second kappa shape index (κ2) is 8.20. The van der Waals surface area contributed by atoms with Crippen molar-refractivity contribution in [2.75, 3.05) is 6.54 Å². The summed E-state index contributed by atoms with van der Waals surface area (Å²) in [6, 6.07) is 8.88. The Kier molecular flexibility index (Phi) is 5.31. The van der Waals surface area contributed by atoms with Crippen molar-refractivity contribution >= 4 is 0 Å². The first-order valence-corrected chi connectivity index (χ1v) is 9.40. The zero-order chi connectivity index (χ0) is 20.2. The van der Waals surface area contributed by atoms with Crippen LogP contribution in [-0.2, 0) is 6.42 Å². The maximum absolute atomic E-state index is 9.29. The van der Waals surface area contributed by atoms with Crippen molar-refractivity contribution < 1.29 is 9.47 Å². The summed E-state index contributed by atoms with van der Waals surface area (Å²) >= 11 is 0. The van der Waals surface area contributed by atoms with Crippen LogP contribution in [0, 0.1) is 18.3 Å². The lowest BCUT2D eigenvalue weighted by molar-refractivity contribution is 0.287. The number of aryl methyl sites for hydroxylation is 1. The quantitative estimate of drug-likeness (QED) is 0.656. The Hall–Kier alpha value is -3.57. The lowest BCUT2D eigenvalue weighted by Crippen LogP contribution is -2.04. The smallest absolute Gasteiger partial charge is 0.226 e. The van der Waals surface area contributed by atoms with Gasteiger partial charge in [0.1, 0.15) is 17.7 Å². The molecule has 0 atom stereocenters. The van der Waals surface area contributed by atoms with Gasteiger partial charge >= 0.3 is 0 Å². The molecule has 0 saturated heterocycles. The third kappa shape index (κ3) is 4.65. The average molecular weight is 388 g/mol. The van der Waals surface area contributed by atoms with Gasteiger partial charge in [-0.15, -0.1) is 0 Å². The third-order valence-corrected chi connectivity index (χ3v) is 4.31. The summed E-state index contributed by atoms with van der Waals surface area (Å²) in [6.45, 7) is 2.31. The van der Waals surface area contributed by atoms with Crippen molar-refractivity contribution in [3.05, 3.63) is 53.6 Å². The second-order valence-corrected chi connectivity index (χ2v) is 6.79. The molecule has 1 aliphatic rings. The van der Waals surface area contributed by atoms with Crippen LogP contribution in [0.1, 0.15) is 29.8 Å². The van der Waals surface area contributed by atoms with E-state index in [1.165, 1.54) is 0 Å². The molecular formula is C21H20N6O2. The molecule has 1 fully saturated rings. The van der Waals surface area contributed by atoms with Crippen molar-refractivity contribution in [1.29, 1.82) is 5.26 Å². The standard InChI is InChI=1S/C21H20N6O2/c1-13-26-19(28-16-3-4-16)9-20(27-13)29-18-8-14(10-23)2-5-17(18)21-24-11-15(6-7-22)12-25-21/h2,5,8-9,11-12,16H,3-4,6-7,22H2,1H3. The van der Waals surface area contributed by atoms with Gasteiger partial charge in [0.05, 0.1) is 23.3 Å². The Balaban J connectivity index is 1.67. The molecule has 0 aliphatic heterocycles. The van der Waals surface area contributed by atoms with Gasteiger partial charge in [-0.2, -0.15) is 15.2 Å². The van der Waals surface area contributed by atoms with Gasteiger partial charge < -0.3 is 15.2 Å². The lowest BCUT2D eigenvalue weighted by atomic mass is 10.1. The predicted molar refractivity (Wildman–Crippen MR) is 105 cm³/mol. The van der Waals surface area contributed by atoms with Crippen molar-refractivity contribution in [3.63, 3.8) is 0 Å². The number of ether oxygens (including phenoxy) is 2. The molecule has 0 radical (unpaired) electrons. The number of benzene rings is 1. The van der Waals surface area contributed by atoms with Crippen molar-refractivity contribution in [3.8, 4) is 35.0 Å². The van der Waals surface area contributed by atoms with Gasteiger partial charge in [0.2, 0.25) is 11.8 Å². The van der Waals surface area contributed by atoms with Gasteiger partial charge in [0.15, 0.2) is 5.82 Å². The summed E-state index contributed by atoms with van der Waals surface area (Å²) in [6.07, 6.45) is 6.48. The van der Waals surface area contributed by atoms with E-state index in [0.29, 0.717) is 53.3 Å². The maximum atomic E-state index is 9.29. The van der Waals surface area contributed by atoms with Gasteiger partial charge in [0.25, 0.3) is 0 Å². The van der Waals surface area contributed by atoms with Crippen LogP contribution in [0.3, 0.4) is 0 Å². The van der Waals surface area contributed by atoms with Crippen molar-refractivity contribution in [2.24, 2.45) is 5.73 Å². The number of nitrogens with zero attached hydrogens (tertiary/aromatic N) is 5. The number of hydrogen-bond acceptors (Lipinski definition) is 8. The Labute approximate surface area is 168 Å². The van der Waals surface area contributed by atoms with Gasteiger partial charge in [0, 0.05) is 12.4 Å². The highest BCUT2D eigenvalue weighted by Gasteiger charge is 2.24. The minimum atomic E-state index is 0.218. The van der Waals surface area contributed by atoms with E-state index in [1.54, 1.807) is 43.6 Å². The second-order valence-electron chi connectivity index (χ2n) is 6.79. The Morgan fingerprint density at radius 3 is 2.59 bits per heavy atom. The van der Waals surface area contributed by atoms with Crippen molar-refractivity contribution in [1.82, 2.24) is 19.9 Å². The molecule has 1 aromatic carbocycles. The molecular weight excluding hydrogens is 368 g/mol. The highest BCUT2D eigenvalue weighted by atomic mass is 16.5. The summed E-state index contributed by atoms with van der Waals surface area (Å²) in [5.74, 6) is 2.29. The Morgan fingerprint density at radius 2 is 1.90 bits per heavy atom. The largest absolute Gasteiger partial charge is 0.474 e.